The largest absolute Gasteiger partial charge is 0.486 e. The summed E-state index contributed by atoms with van der Waals surface area (Å²) in [7, 11) is 0. The highest BCUT2D eigenvalue weighted by Gasteiger charge is 2.15. The second-order valence-electron chi connectivity index (χ2n) is 4.33. The van der Waals surface area contributed by atoms with Crippen LogP contribution in [0.5, 0.6) is 0 Å². The van der Waals surface area contributed by atoms with E-state index in [0.717, 1.165) is 5.57 Å². The van der Waals surface area contributed by atoms with E-state index < -0.39 is 5.24 Å². The summed E-state index contributed by atoms with van der Waals surface area (Å²) in [6, 6.07) is 0. The molecule has 1 atom stereocenters. The van der Waals surface area contributed by atoms with Crippen molar-refractivity contribution in [3.8, 4) is 0 Å². The van der Waals surface area contributed by atoms with Gasteiger partial charge in [0, 0.05) is 5.92 Å². The molecule has 0 heterocycles. The van der Waals surface area contributed by atoms with Crippen LogP contribution in [0.15, 0.2) is 35.6 Å². The second-order valence-corrected chi connectivity index (χ2v) is 4.74. The van der Waals surface area contributed by atoms with Gasteiger partial charge in [0.05, 0.1) is 0 Å². The molecule has 0 aliphatic heterocycles. The molecule has 6 heteroatoms. The Bertz CT molecular complexity index is 480. The van der Waals surface area contributed by atoms with Gasteiger partial charge in [0.1, 0.15) is 12.4 Å². The molecule has 0 saturated heterocycles. The van der Waals surface area contributed by atoms with E-state index in [1.165, 1.54) is 0 Å². The zero-order valence-electron chi connectivity index (χ0n) is 11.2. The van der Waals surface area contributed by atoms with Crippen molar-refractivity contribution < 1.29 is 19.1 Å². The fourth-order valence-corrected chi connectivity index (χ4v) is 1.83. The highest BCUT2D eigenvalue weighted by atomic mass is 32.1. The normalized spacial score (nSPS) is 15.5. The van der Waals surface area contributed by atoms with E-state index in [4.69, 9.17) is 4.74 Å². The highest BCUT2D eigenvalue weighted by Crippen LogP contribution is 2.18. The number of ether oxygens (including phenoxy) is 1. The van der Waals surface area contributed by atoms with Crippen molar-refractivity contribution in [2.24, 2.45) is 5.92 Å². The lowest BCUT2D eigenvalue weighted by Gasteiger charge is -2.10. The molecule has 0 aromatic carbocycles. The summed E-state index contributed by atoms with van der Waals surface area (Å²) >= 11 is 3.51. The standard InChI is InChI=1S/C14H17NO4S/c1-10(13(17)15-14(18)20)9-11-3-2-4-12(6-5-11)19-8-7-16/h3-7,10H,2,8-9H2,1H3,(H2,15,17,18,20)/t10-/m0/s1. The third-order valence-corrected chi connectivity index (χ3v) is 2.81. The summed E-state index contributed by atoms with van der Waals surface area (Å²) in [5, 5.41) is 1.49. The minimum atomic E-state index is -0.654. The Kier molecular flexibility index (Phi) is 6.79. The topological polar surface area (TPSA) is 72.5 Å². The van der Waals surface area contributed by atoms with Gasteiger partial charge in [0.2, 0.25) is 5.91 Å². The number of aldehydes is 1. The van der Waals surface area contributed by atoms with Crippen molar-refractivity contribution in [1.82, 2.24) is 5.32 Å². The number of amides is 2. The van der Waals surface area contributed by atoms with E-state index >= 15 is 0 Å². The highest BCUT2D eigenvalue weighted by molar-refractivity contribution is 7.96. The van der Waals surface area contributed by atoms with Crippen LogP contribution in [0.3, 0.4) is 0 Å². The molecule has 0 aromatic rings. The molecular formula is C14H17NO4S. The number of carbonyl (C=O) groups is 3. The Balaban J connectivity index is 2.53. The summed E-state index contributed by atoms with van der Waals surface area (Å²) < 4.78 is 5.20. The van der Waals surface area contributed by atoms with Gasteiger partial charge in [-0.25, -0.2) is 0 Å². The van der Waals surface area contributed by atoms with E-state index in [9.17, 15) is 14.4 Å². The number of imide groups is 1. The Morgan fingerprint density at radius 2 is 2.20 bits per heavy atom. The first kappa shape index (κ1) is 16.2. The zero-order chi connectivity index (χ0) is 15.0. The first-order valence-electron chi connectivity index (χ1n) is 6.20. The van der Waals surface area contributed by atoms with Crippen LogP contribution in [-0.2, 0) is 14.3 Å². The summed E-state index contributed by atoms with van der Waals surface area (Å²) in [4.78, 5) is 32.5. The zero-order valence-corrected chi connectivity index (χ0v) is 12.1. The average Bonchev–Trinajstić information content (AvgIpc) is 2.61. The fraction of sp³-hybridized carbons (Fsp3) is 0.357. The minimum Gasteiger partial charge on any atom is -0.486 e. The lowest BCUT2D eigenvalue weighted by atomic mass is 9.99. The van der Waals surface area contributed by atoms with Crippen LogP contribution >= 0.6 is 12.6 Å². The van der Waals surface area contributed by atoms with Crippen molar-refractivity contribution in [3.63, 3.8) is 0 Å². The van der Waals surface area contributed by atoms with E-state index in [2.05, 4.69) is 17.9 Å². The number of hydrogen-bond acceptors (Lipinski definition) is 4. The first-order valence-corrected chi connectivity index (χ1v) is 6.65. The van der Waals surface area contributed by atoms with Crippen LogP contribution in [0.1, 0.15) is 19.8 Å². The van der Waals surface area contributed by atoms with Crippen LogP contribution in [0.4, 0.5) is 4.79 Å². The van der Waals surface area contributed by atoms with Gasteiger partial charge in [-0.15, -0.1) is 0 Å². The van der Waals surface area contributed by atoms with Crippen LogP contribution in [0.2, 0.25) is 0 Å². The molecule has 2 amide bonds. The molecule has 1 aliphatic carbocycles. The second kappa shape index (κ2) is 8.37. The maximum atomic E-state index is 11.6. The molecule has 0 unspecified atom stereocenters. The Hall–Kier alpha value is -1.82. The number of carbonyl (C=O) groups excluding carboxylic acids is 3. The molecule has 0 aromatic heterocycles. The number of allylic oxidation sites excluding steroid dienone is 5. The van der Waals surface area contributed by atoms with E-state index in [1.54, 1.807) is 13.0 Å². The van der Waals surface area contributed by atoms with Gasteiger partial charge >= 0.3 is 0 Å². The molecule has 1 aliphatic rings. The molecule has 0 fully saturated rings. The lowest BCUT2D eigenvalue weighted by molar-refractivity contribution is -0.123. The number of nitrogens with one attached hydrogen (secondary N) is 1. The Morgan fingerprint density at radius 1 is 1.45 bits per heavy atom. The van der Waals surface area contributed by atoms with Crippen molar-refractivity contribution in [2.45, 2.75) is 19.8 Å². The van der Waals surface area contributed by atoms with Crippen LogP contribution < -0.4 is 5.32 Å². The fourth-order valence-electron chi connectivity index (χ4n) is 1.72. The van der Waals surface area contributed by atoms with Gasteiger partial charge in [-0.2, -0.15) is 0 Å². The monoisotopic (exact) mass is 295 g/mol. The number of thiol groups is 1. The van der Waals surface area contributed by atoms with Gasteiger partial charge in [0.15, 0.2) is 6.29 Å². The molecule has 1 N–H and O–H groups in total. The molecule has 0 bridgehead atoms. The van der Waals surface area contributed by atoms with E-state index in [0.29, 0.717) is 24.9 Å². The Labute approximate surface area is 123 Å². The third kappa shape index (κ3) is 5.88. The third-order valence-electron chi connectivity index (χ3n) is 2.70. The summed E-state index contributed by atoms with van der Waals surface area (Å²) in [5.74, 6) is -0.0561. The number of hydrogen-bond donors (Lipinski definition) is 2. The van der Waals surface area contributed by atoms with E-state index in [1.807, 2.05) is 18.2 Å². The van der Waals surface area contributed by atoms with Gasteiger partial charge in [-0.05, 0) is 25.0 Å². The number of rotatable bonds is 6. The molecular weight excluding hydrogens is 278 g/mol. The molecule has 20 heavy (non-hydrogen) atoms. The van der Waals surface area contributed by atoms with Crippen molar-refractivity contribution >= 4 is 30.1 Å². The van der Waals surface area contributed by atoms with E-state index in [-0.39, 0.29) is 18.4 Å². The van der Waals surface area contributed by atoms with Crippen molar-refractivity contribution in [2.75, 3.05) is 6.61 Å². The van der Waals surface area contributed by atoms with Crippen molar-refractivity contribution in [3.05, 3.63) is 35.6 Å². The van der Waals surface area contributed by atoms with Gasteiger partial charge < -0.3 is 4.74 Å². The lowest BCUT2D eigenvalue weighted by Crippen LogP contribution is -2.31. The summed E-state index contributed by atoms with van der Waals surface area (Å²) in [6.07, 6.45) is 9.30. The summed E-state index contributed by atoms with van der Waals surface area (Å²) in [5.41, 5.74) is 0.972. The molecule has 0 spiro atoms. The van der Waals surface area contributed by atoms with Gasteiger partial charge in [0.25, 0.3) is 5.24 Å². The molecule has 1 rings (SSSR count). The summed E-state index contributed by atoms with van der Waals surface area (Å²) in [6.45, 7) is 1.76. The predicted molar refractivity (Wildman–Crippen MR) is 78.2 cm³/mol. The van der Waals surface area contributed by atoms with Gasteiger partial charge in [-0.3, -0.25) is 19.7 Å². The van der Waals surface area contributed by atoms with Crippen LogP contribution in [0.25, 0.3) is 0 Å². The first-order chi connectivity index (χ1) is 9.52. The molecule has 5 nitrogen and oxygen atoms in total. The Morgan fingerprint density at radius 3 is 2.85 bits per heavy atom. The quantitative estimate of drug-likeness (QED) is 0.582. The molecule has 0 radical (unpaired) electrons. The predicted octanol–water partition coefficient (Wildman–Crippen LogP) is 2.16. The minimum absolute atomic E-state index is 0.0222. The molecule has 108 valence electrons. The van der Waals surface area contributed by atoms with Crippen molar-refractivity contribution in [1.29, 1.82) is 0 Å². The van der Waals surface area contributed by atoms with Crippen LogP contribution in [0, 0.1) is 5.92 Å². The molecule has 0 saturated carbocycles. The smallest absolute Gasteiger partial charge is 0.282 e. The SMILES string of the molecule is C[C@@H](CC1=CCC=C(OCC=O)C=C1)C(=O)NC(=O)S. The van der Waals surface area contributed by atoms with Gasteiger partial charge in [-0.1, -0.05) is 37.3 Å². The van der Waals surface area contributed by atoms with Crippen LogP contribution in [-0.4, -0.2) is 24.0 Å². The average molecular weight is 295 g/mol. The maximum absolute atomic E-state index is 11.6. The maximum Gasteiger partial charge on any atom is 0.282 e.